The molecule has 0 saturated carbocycles. The van der Waals surface area contributed by atoms with Gasteiger partial charge in [0, 0.05) is 19.0 Å². The molecule has 20 heavy (non-hydrogen) atoms. The Morgan fingerprint density at radius 1 is 1.50 bits per heavy atom. The van der Waals surface area contributed by atoms with Crippen molar-refractivity contribution in [2.24, 2.45) is 0 Å². The number of morpholine rings is 1. The molecule has 0 aliphatic carbocycles. The molecule has 1 aliphatic heterocycles. The molecule has 1 aromatic carbocycles. The minimum absolute atomic E-state index is 0.0342. The lowest BCUT2D eigenvalue weighted by molar-refractivity contribution is -0.122. The average Bonchev–Trinajstić information content (AvgIpc) is 2.42. The van der Waals surface area contributed by atoms with E-state index >= 15 is 0 Å². The summed E-state index contributed by atoms with van der Waals surface area (Å²) in [4.78, 5) is 12.1. The van der Waals surface area contributed by atoms with Crippen molar-refractivity contribution >= 4 is 5.91 Å². The molecule has 0 radical (unpaired) electrons. The predicted molar refractivity (Wildman–Crippen MR) is 79.7 cm³/mol. The van der Waals surface area contributed by atoms with Crippen LogP contribution in [0.25, 0.3) is 0 Å². The Bertz CT molecular complexity index is 468. The quantitative estimate of drug-likeness (QED) is 0.882. The molecule has 1 aromatic rings. The number of rotatable bonds is 4. The van der Waals surface area contributed by atoms with Crippen LogP contribution in [0.2, 0.25) is 0 Å². The van der Waals surface area contributed by atoms with E-state index in [0.29, 0.717) is 13.0 Å². The van der Waals surface area contributed by atoms with E-state index in [9.17, 15) is 4.79 Å². The van der Waals surface area contributed by atoms with Crippen LogP contribution >= 0.6 is 0 Å². The third kappa shape index (κ3) is 4.05. The SMILES string of the molecule is Cc1ccc(C)c(C(C)NC(=O)CC2COCCN2)c1. The lowest BCUT2D eigenvalue weighted by atomic mass is 10.00. The Morgan fingerprint density at radius 3 is 3.00 bits per heavy atom. The first kappa shape index (κ1) is 15.0. The van der Waals surface area contributed by atoms with Crippen LogP contribution in [0.15, 0.2) is 18.2 Å². The van der Waals surface area contributed by atoms with E-state index < -0.39 is 0 Å². The highest BCUT2D eigenvalue weighted by atomic mass is 16.5. The molecule has 4 nitrogen and oxygen atoms in total. The zero-order valence-corrected chi connectivity index (χ0v) is 12.5. The molecule has 0 bridgehead atoms. The van der Waals surface area contributed by atoms with E-state index in [1.54, 1.807) is 0 Å². The largest absolute Gasteiger partial charge is 0.378 e. The zero-order chi connectivity index (χ0) is 14.5. The topological polar surface area (TPSA) is 50.4 Å². The molecular weight excluding hydrogens is 252 g/mol. The fraction of sp³-hybridized carbons (Fsp3) is 0.562. The summed E-state index contributed by atoms with van der Waals surface area (Å²) < 4.78 is 5.36. The standard InChI is InChI=1S/C16H24N2O2/c1-11-4-5-12(2)15(8-11)13(3)18-16(19)9-14-10-20-7-6-17-14/h4-5,8,13-14,17H,6-7,9-10H2,1-3H3,(H,18,19). The van der Waals surface area contributed by atoms with Crippen molar-refractivity contribution in [3.63, 3.8) is 0 Å². The van der Waals surface area contributed by atoms with Gasteiger partial charge in [0.15, 0.2) is 0 Å². The molecule has 2 rings (SSSR count). The maximum absolute atomic E-state index is 12.1. The summed E-state index contributed by atoms with van der Waals surface area (Å²) in [5, 5.41) is 6.37. The predicted octanol–water partition coefficient (Wildman–Crippen LogP) is 1.86. The van der Waals surface area contributed by atoms with E-state index in [0.717, 1.165) is 13.2 Å². The lowest BCUT2D eigenvalue weighted by Crippen LogP contribution is -2.44. The second kappa shape index (κ2) is 6.86. The highest BCUT2D eigenvalue weighted by Crippen LogP contribution is 2.19. The first-order chi connectivity index (χ1) is 9.56. The van der Waals surface area contributed by atoms with Crippen LogP contribution in [0.5, 0.6) is 0 Å². The molecule has 0 aromatic heterocycles. The first-order valence-electron chi connectivity index (χ1n) is 7.24. The summed E-state index contributed by atoms with van der Waals surface area (Å²) in [5.41, 5.74) is 3.61. The maximum atomic E-state index is 12.1. The second-order valence-corrected chi connectivity index (χ2v) is 5.58. The van der Waals surface area contributed by atoms with Gasteiger partial charge in [-0.15, -0.1) is 0 Å². The van der Waals surface area contributed by atoms with Gasteiger partial charge in [0.1, 0.15) is 0 Å². The van der Waals surface area contributed by atoms with Crippen molar-refractivity contribution in [3.8, 4) is 0 Å². The van der Waals surface area contributed by atoms with Gasteiger partial charge in [0.05, 0.1) is 19.3 Å². The number of carbonyl (C=O) groups excluding carboxylic acids is 1. The summed E-state index contributed by atoms with van der Waals surface area (Å²) in [6.45, 7) is 8.35. The molecule has 1 heterocycles. The smallest absolute Gasteiger partial charge is 0.222 e. The van der Waals surface area contributed by atoms with Crippen LogP contribution < -0.4 is 10.6 Å². The summed E-state index contributed by atoms with van der Waals surface area (Å²) in [6.07, 6.45) is 0.467. The van der Waals surface area contributed by atoms with Crippen molar-refractivity contribution in [1.29, 1.82) is 0 Å². The second-order valence-electron chi connectivity index (χ2n) is 5.58. The van der Waals surface area contributed by atoms with Crippen molar-refractivity contribution in [3.05, 3.63) is 34.9 Å². The molecule has 2 N–H and O–H groups in total. The minimum Gasteiger partial charge on any atom is -0.378 e. The van der Waals surface area contributed by atoms with E-state index in [1.807, 2.05) is 6.92 Å². The Balaban J connectivity index is 1.91. The normalized spacial score (nSPS) is 20.4. The van der Waals surface area contributed by atoms with Gasteiger partial charge in [0.2, 0.25) is 5.91 Å². The molecule has 1 amide bonds. The van der Waals surface area contributed by atoms with Crippen LogP contribution in [0.1, 0.15) is 36.1 Å². The van der Waals surface area contributed by atoms with Crippen LogP contribution in [0.3, 0.4) is 0 Å². The Kier molecular flexibility index (Phi) is 5.15. The van der Waals surface area contributed by atoms with Gasteiger partial charge >= 0.3 is 0 Å². The van der Waals surface area contributed by atoms with E-state index in [1.165, 1.54) is 16.7 Å². The van der Waals surface area contributed by atoms with Crippen LogP contribution in [0, 0.1) is 13.8 Å². The van der Waals surface area contributed by atoms with Gasteiger partial charge in [-0.25, -0.2) is 0 Å². The average molecular weight is 276 g/mol. The third-order valence-electron chi connectivity index (χ3n) is 3.71. The molecule has 4 heteroatoms. The molecular formula is C16H24N2O2. The zero-order valence-electron chi connectivity index (χ0n) is 12.5. The molecule has 2 atom stereocenters. The maximum Gasteiger partial charge on any atom is 0.222 e. The molecule has 1 fully saturated rings. The summed E-state index contributed by atoms with van der Waals surface area (Å²) in [7, 11) is 0. The highest BCUT2D eigenvalue weighted by molar-refractivity contribution is 5.77. The number of aryl methyl sites for hydroxylation is 2. The van der Waals surface area contributed by atoms with Crippen LogP contribution in [-0.2, 0) is 9.53 Å². The summed E-state index contributed by atoms with van der Waals surface area (Å²) >= 11 is 0. The minimum atomic E-state index is 0.0342. The molecule has 2 unspecified atom stereocenters. The number of ether oxygens (including phenoxy) is 1. The number of amides is 1. The van der Waals surface area contributed by atoms with E-state index in [-0.39, 0.29) is 18.0 Å². The summed E-state index contributed by atoms with van der Waals surface area (Å²) in [6, 6.07) is 6.50. The van der Waals surface area contributed by atoms with Gasteiger partial charge in [-0.3, -0.25) is 4.79 Å². The molecule has 110 valence electrons. The fourth-order valence-corrected chi connectivity index (χ4v) is 2.58. The Labute approximate surface area is 120 Å². The van der Waals surface area contributed by atoms with Gasteiger partial charge in [-0.2, -0.15) is 0 Å². The molecule has 0 spiro atoms. The highest BCUT2D eigenvalue weighted by Gasteiger charge is 2.18. The van der Waals surface area contributed by atoms with Gasteiger partial charge in [0.25, 0.3) is 0 Å². The Hall–Kier alpha value is -1.39. The number of hydrogen-bond donors (Lipinski definition) is 2. The van der Waals surface area contributed by atoms with Crippen molar-refractivity contribution in [1.82, 2.24) is 10.6 Å². The van der Waals surface area contributed by atoms with E-state index in [2.05, 4.69) is 42.7 Å². The number of carbonyl (C=O) groups is 1. The first-order valence-corrected chi connectivity index (χ1v) is 7.24. The monoisotopic (exact) mass is 276 g/mol. The number of nitrogens with one attached hydrogen (secondary N) is 2. The Morgan fingerprint density at radius 2 is 2.30 bits per heavy atom. The molecule has 1 saturated heterocycles. The van der Waals surface area contributed by atoms with Crippen molar-refractivity contribution in [2.75, 3.05) is 19.8 Å². The van der Waals surface area contributed by atoms with Crippen molar-refractivity contribution < 1.29 is 9.53 Å². The van der Waals surface area contributed by atoms with Crippen molar-refractivity contribution in [2.45, 2.75) is 39.3 Å². The lowest BCUT2D eigenvalue weighted by Gasteiger charge is -2.24. The number of benzene rings is 1. The van der Waals surface area contributed by atoms with Crippen LogP contribution in [0.4, 0.5) is 0 Å². The van der Waals surface area contributed by atoms with Gasteiger partial charge in [-0.05, 0) is 31.9 Å². The summed E-state index contributed by atoms with van der Waals surface area (Å²) in [5.74, 6) is 0.0707. The third-order valence-corrected chi connectivity index (χ3v) is 3.71. The van der Waals surface area contributed by atoms with E-state index in [4.69, 9.17) is 4.74 Å². The van der Waals surface area contributed by atoms with Gasteiger partial charge < -0.3 is 15.4 Å². The van der Waals surface area contributed by atoms with Gasteiger partial charge in [-0.1, -0.05) is 23.8 Å². The fourth-order valence-electron chi connectivity index (χ4n) is 2.58. The van der Waals surface area contributed by atoms with Crippen LogP contribution in [-0.4, -0.2) is 31.7 Å². The molecule has 1 aliphatic rings. The number of hydrogen-bond acceptors (Lipinski definition) is 3.